The Morgan fingerprint density at radius 3 is 2.38 bits per heavy atom. The fourth-order valence-corrected chi connectivity index (χ4v) is 4.58. The first-order chi connectivity index (χ1) is 9.84. The molecule has 0 aliphatic carbocycles. The second-order valence-electron chi connectivity index (χ2n) is 5.38. The molecule has 1 fully saturated rings. The molecule has 3 nitrogen and oxygen atoms in total. The lowest BCUT2D eigenvalue weighted by Gasteiger charge is -2.25. The maximum atomic E-state index is 14.0. The maximum absolute atomic E-state index is 14.0. The molecule has 21 heavy (non-hydrogen) atoms. The van der Waals surface area contributed by atoms with Crippen molar-refractivity contribution < 1.29 is 21.6 Å². The molecule has 1 aliphatic heterocycles. The van der Waals surface area contributed by atoms with Gasteiger partial charge in [0.05, 0.1) is 11.5 Å². The first-order valence-electron chi connectivity index (χ1n) is 6.92. The Morgan fingerprint density at radius 2 is 1.90 bits per heavy atom. The quantitative estimate of drug-likeness (QED) is 0.907. The number of nitrogens with one attached hydrogen (secondary N) is 1. The number of halogens is 3. The van der Waals surface area contributed by atoms with Crippen molar-refractivity contribution in [1.29, 1.82) is 0 Å². The topological polar surface area (TPSA) is 46.2 Å². The van der Waals surface area contributed by atoms with Crippen LogP contribution in [0.3, 0.4) is 0 Å². The standard InChI is InChI=1S/C14H18F3NO2S/c1-2-4-18-14(9-3-5-21(19,20)8-9)13-11(16)6-10(15)7-12(13)17/h6-7,9,14,18H,2-5,8H2,1H3. The van der Waals surface area contributed by atoms with Crippen molar-refractivity contribution in [3.63, 3.8) is 0 Å². The van der Waals surface area contributed by atoms with Gasteiger partial charge in [-0.1, -0.05) is 6.92 Å². The van der Waals surface area contributed by atoms with E-state index in [-0.39, 0.29) is 17.1 Å². The van der Waals surface area contributed by atoms with E-state index in [9.17, 15) is 21.6 Å². The third-order valence-corrected chi connectivity index (χ3v) is 5.50. The second kappa shape index (κ2) is 6.36. The maximum Gasteiger partial charge on any atom is 0.150 e. The van der Waals surface area contributed by atoms with E-state index in [1.165, 1.54) is 0 Å². The van der Waals surface area contributed by atoms with Crippen LogP contribution in [0.25, 0.3) is 0 Å². The highest BCUT2D eigenvalue weighted by atomic mass is 32.2. The van der Waals surface area contributed by atoms with Crippen LogP contribution < -0.4 is 5.32 Å². The molecule has 1 saturated heterocycles. The monoisotopic (exact) mass is 321 g/mol. The third-order valence-electron chi connectivity index (χ3n) is 3.71. The van der Waals surface area contributed by atoms with Crippen molar-refractivity contribution in [3.8, 4) is 0 Å². The summed E-state index contributed by atoms with van der Waals surface area (Å²) in [6.07, 6.45) is 1.08. The van der Waals surface area contributed by atoms with Gasteiger partial charge in [0.1, 0.15) is 17.5 Å². The van der Waals surface area contributed by atoms with Crippen molar-refractivity contribution in [2.75, 3.05) is 18.1 Å². The highest BCUT2D eigenvalue weighted by molar-refractivity contribution is 7.91. The molecule has 1 aromatic rings. The Balaban J connectivity index is 2.37. The van der Waals surface area contributed by atoms with Crippen LogP contribution in [-0.4, -0.2) is 26.5 Å². The Bertz CT molecular complexity index is 596. The molecule has 1 heterocycles. The molecule has 2 rings (SSSR count). The van der Waals surface area contributed by atoms with Crippen LogP contribution in [0.15, 0.2) is 12.1 Å². The van der Waals surface area contributed by atoms with E-state index in [1.54, 1.807) is 0 Å². The number of hydrogen-bond acceptors (Lipinski definition) is 3. The highest BCUT2D eigenvalue weighted by Gasteiger charge is 2.36. The molecule has 2 atom stereocenters. The molecular formula is C14H18F3NO2S. The van der Waals surface area contributed by atoms with Crippen LogP contribution in [-0.2, 0) is 9.84 Å². The summed E-state index contributed by atoms with van der Waals surface area (Å²) in [5.74, 6) is -3.44. The van der Waals surface area contributed by atoms with E-state index in [0.717, 1.165) is 6.42 Å². The minimum Gasteiger partial charge on any atom is -0.309 e. The van der Waals surface area contributed by atoms with E-state index in [0.29, 0.717) is 25.1 Å². The number of rotatable bonds is 5. The van der Waals surface area contributed by atoms with E-state index in [1.807, 2.05) is 6.92 Å². The number of sulfone groups is 1. The fourth-order valence-electron chi connectivity index (χ4n) is 2.74. The molecule has 2 unspecified atom stereocenters. The van der Waals surface area contributed by atoms with Gasteiger partial charge in [0.25, 0.3) is 0 Å². The minimum absolute atomic E-state index is 0.0202. The highest BCUT2D eigenvalue weighted by Crippen LogP contribution is 2.34. The van der Waals surface area contributed by atoms with Crippen LogP contribution in [0.4, 0.5) is 13.2 Å². The van der Waals surface area contributed by atoms with Gasteiger partial charge < -0.3 is 5.32 Å². The lowest BCUT2D eigenvalue weighted by atomic mass is 9.91. The van der Waals surface area contributed by atoms with Gasteiger partial charge in [-0.25, -0.2) is 21.6 Å². The van der Waals surface area contributed by atoms with Crippen molar-refractivity contribution in [2.24, 2.45) is 5.92 Å². The SMILES string of the molecule is CCCNC(c1c(F)cc(F)cc1F)C1CCS(=O)(=O)C1. The summed E-state index contributed by atoms with van der Waals surface area (Å²) in [5.41, 5.74) is -0.271. The van der Waals surface area contributed by atoms with E-state index in [4.69, 9.17) is 0 Å². The molecule has 118 valence electrons. The fraction of sp³-hybridized carbons (Fsp3) is 0.571. The lowest BCUT2D eigenvalue weighted by molar-refractivity contribution is 0.363. The first-order valence-corrected chi connectivity index (χ1v) is 8.74. The molecule has 0 saturated carbocycles. The molecule has 0 spiro atoms. The van der Waals surface area contributed by atoms with Crippen molar-refractivity contribution in [1.82, 2.24) is 5.32 Å². The molecule has 0 radical (unpaired) electrons. The van der Waals surface area contributed by atoms with Crippen molar-refractivity contribution in [3.05, 3.63) is 35.1 Å². The summed E-state index contributed by atoms with van der Waals surface area (Å²) < 4.78 is 64.2. The van der Waals surface area contributed by atoms with Crippen LogP contribution in [0.2, 0.25) is 0 Å². The zero-order valence-corrected chi connectivity index (χ0v) is 12.5. The van der Waals surface area contributed by atoms with Gasteiger partial charge in [-0.2, -0.15) is 0 Å². The molecule has 7 heteroatoms. The smallest absolute Gasteiger partial charge is 0.150 e. The average molecular weight is 321 g/mol. The average Bonchev–Trinajstić information content (AvgIpc) is 2.72. The van der Waals surface area contributed by atoms with E-state index < -0.39 is 39.2 Å². The third kappa shape index (κ3) is 3.77. The Kier molecular flexibility index (Phi) is 4.93. The first kappa shape index (κ1) is 16.3. The summed E-state index contributed by atoms with van der Waals surface area (Å²) >= 11 is 0. The molecule has 1 aromatic carbocycles. The van der Waals surface area contributed by atoms with Gasteiger partial charge in [-0.3, -0.25) is 0 Å². The van der Waals surface area contributed by atoms with Crippen molar-refractivity contribution in [2.45, 2.75) is 25.8 Å². The predicted octanol–water partition coefficient (Wildman–Crippen LogP) is 2.58. The summed E-state index contributed by atoms with van der Waals surface area (Å²) in [4.78, 5) is 0. The molecule has 0 bridgehead atoms. The summed E-state index contributed by atoms with van der Waals surface area (Å²) in [6, 6.07) is 0.494. The molecule has 0 amide bonds. The zero-order valence-electron chi connectivity index (χ0n) is 11.7. The predicted molar refractivity (Wildman–Crippen MR) is 74.1 cm³/mol. The van der Waals surface area contributed by atoms with Crippen LogP contribution >= 0.6 is 0 Å². The van der Waals surface area contributed by atoms with Crippen LogP contribution in [0.5, 0.6) is 0 Å². The summed E-state index contributed by atoms with van der Waals surface area (Å²) in [7, 11) is -3.17. The van der Waals surface area contributed by atoms with Gasteiger partial charge in [0.15, 0.2) is 9.84 Å². The Morgan fingerprint density at radius 1 is 1.29 bits per heavy atom. The lowest BCUT2D eigenvalue weighted by Crippen LogP contribution is -2.31. The zero-order chi connectivity index (χ0) is 15.6. The summed E-state index contributed by atoms with van der Waals surface area (Å²) in [6.45, 7) is 2.39. The second-order valence-corrected chi connectivity index (χ2v) is 7.61. The van der Waals surface area contributed by atoms with Crippen LogP contribution in [0, 0.1) is 23.4 Å². The summed E-state index contributed by atoms with van der Waals surface area (Å²) in [5, 5.41) is 3.00. The van der Waals surface area contributed by atoms with Gasteiger partial charge in [-0.15, -0.1) is 0 Å². The molecular weight excluding hydrogens is 303 g/mol. The van der Waals surface area contributed by atoms with Gasteiger partial charge in [-0.05, 0) is 25.3 Å². The molecule has 1 aliphatic rings. The number of hydrogen-bond donors (Lipinski definition) is 1. The van der Waals surface area contributed by atoms with Gasteiger partial charge in [0.2, 0.25) is 0 Å². The van der Waals surface area contributed by atoms with Crippen molar-refractivity contribution >= 4 is 9.84 Å². The Hall–Kier alpha value is -1.08. The number of benzene rings is 1. The largest absolute Gasteiger partial charge is 0.309 e. The molecule has 1 N–H and O–H groups in total. The Labute approximate surface area is 122 Å². The normalized spacial score (nSPS) is 22.4. The van der Waals surface area contributed by atoms with E-state index in [2.05, 4.69) is 5.32 Å². The minimum atomic E-state index is -3.17. The van der Waals surface area contributed by atoms with Gasteiger partial charge >= 0.3 is 0 Å². The van der Waals surface area contributed by atoms with E-state index >= 15 is 0 Å². The van der Waals surface area contributed by atoms with Crippen LogP contribution in [0.1, 0.15) is 31.4 Å². The van der Waals surface area contributed by atoms with Gasteiger partial charge in [0, 0.05) is 23.7 Å². The molecule has 0 aromatic heterocycles.